The van der Waals surface area contributed by atoms with Gasteiger partial charge in [0.2, 0.25) is 0 Å². The second-order valence-electron chi connectivity index (χ2n) is 5.50. The number of hydrogen-bond donors (Lipinski definition) is 0. The van der Waals surface area contributed by atoms with Crippen LogP contribution in [-0.4, -0.2) is 20.7 Å². The number of carbonyl (C=O) groups excluding carboxylic acids is 1. The third kappa shape index (κ3) is 1.80. The van der Waals surface area contributed by atoms with Crippen molar-refractivity contribution in [3.8, 4) is 11.1 Å². The monoisotopic (exact) mass is 295 g/mol. The molecule has 4 rings (SSSR count). The number of ketones is 1. The summed E-state index contributed by atoms with van der Waals surface area (Å²) in [6, 6.07) is 7.02. The van der Waals surface area contributed by atoms with Gasteiger partial charge in [-0.2, -0.15) is 0 Å². The van der Waals surface area contributed by atoms with Gasteiger partial charge in [0.25, 0.3) is 5.56 Å². The lowest BCUT2D eigenvalue weighted by Crippen LogP contribution is -2.23. The predicted molar refractivity (Wildman–Crippen MR) is 79.8 cm³/mol. The molecule has 3 heterocycles. The molecule has 1 aliphatic heterocycles. The van der Waals surface area contributed by atoms with E-state index in [0.717, 1.165) is 24.1 Å². The summed E-state index contributed by atoms with van der Waals surface area (Å²) >= 11 is 0. The van der Waals surface area contributed by atoms with Crippen LogP contribution in [0.25, 0.3) is 22.2 Å². The molecule has 0 saturated carbocycles. The molecule has 0 N–H and O–H groups in total. The summed E-state index contributed by atoms with van der Waals surface area (Å²) in [6.45, 7) is 2.20. The average Bonchev–Trinajstić information content (AvgIpc) is 3.15. The van der Waals surface area contributed by atoms with Crippen LogP contribution < -0.4 is 5.56 Å². The zero-order valence-electron chi connectivity index (χ0n) is 12.0. The van der Waals surface area contributed by atoms with Crippen LogP contribution in [0.15, 0.2) is 33.7 Å². The van der Waals surface area contributed by atoms with Gasteiger partial charge in [0.1, 0.15) is 11.0 Å². The molecule has 0 aliphatic carbocycles. The van der Waals surface area contributed by atoms with Crippen LogP contribution in [0, 0.1) is 0 Å². The Kier molecular flexibility index (Phi) is 2.72. The Balaban J connectivity index is 2.00. The number of Topliss-reactive ketones (excluding diaryl/α,β-unsaturated/α-hetero) is 1. The summed E-state index contributed by atoms with van der Waals surface area (Å²) in [5.74, 6) is -0.0175. The lowest BCUT2D eigenvalue weighted by atomic mass is 10.0. The molecule has 0 saturated heterocycles. The number of aromatic nitrogens is 3. The van der Waals surface area contributed by atoms with Gasteiger partial charge in [0.15, 0.2) is 5.78 Å². The summed E-state index contributed by atoms with van der Waals surface area (Å²) < 4.78 is 6.40. The van der Waals surface area contributed by atoms with Gasteiger partial charge < -0.3 is 4.57 Å². The van der Waals surface area contributed by atoms with E-state index in [2.05, 4.69) is 14.9 Å². The zero-order valence-corrected chi connectivity index (χ0v) is 12.0. The molecule has 6 nitrogen and oxygen atoms in total. The Bertz CT molecular complexity index is 968. The summed E-state index contributed by atoms with van der Waals surface area (Å²) in [5, 5.41) is 7.56. The van der Waals surface area contributed by atoms with Gasteiger partial charge in [-0.3, -0.25) is 9.59 Å². The van der Waals surface area contributed by atoms with Gasteiger partial charge >= 0.3 is 0 Å². The molecule has 0 fully saturated rings. The topological polar surface area (TPSA) is 78.0 Å². The third-order valence-corrected chi connectivity index (χ3v) is 4.14. The molecule has 0 radical (unpaired) electrons. The predicted octanol–water partition coefficient (Wildman–Crippen LogP) is 2.20. The average molecular weight is 295 g/mol. The first kappa shape index (κ1) is 12.9. The summed E-state index contributed by atoms with van der Waals surface area (Å²) in [5.41, 5.74) is 3.88. The van der Waals surface area contributed by atoms with Gasteiger partial charge in [0, 0.05) is 23.4 Å². The fourth-order valence-corrected chi connectivity index (χ4v) is 3.07. The van der Waals surface area contributed by atoms with Crippen molar-refractivity contribution in [2.75, 3.05) is 0 Å². The van der Waals surface area contributed by atoms with Crippen molar-refractivity contribution in [2.45, 2.75) is 26.3 Å². The molecular formula is C16H13N3O3. The lowest BCUT2D eigenvalue weighted by molar-refractivity contribution is 0.101. The number of hydrogen-bond acceptors (Lipinski definition) is 5. The molecular weight excluding hydrogens is 282 g/mol. The Morgan fingerprint density at radius 2 is 2.05 bits per heavy atom. The van der Waals surface area contributed by atoms with Crippen molar-refractivity contribution >= 4 is 16.8 Å². The Hall–Kier alpha value is -2.76. The first-order valence-corrected chi connectivity index (χ1v) is 7.15. The summed E-state index contributed by atoms with van der Waals surface area (Å²) in [6.07, 6.45) is 1.67. The highest BCUT2D eigenvalue weighted by atomic mass is 16.6. The molecule has 2 aromatic heterocycles. The number of benzene rings is 1. The van der Waals surface area contributed by atoms with Gasteiger partial charge in [-0.1, -0.05) is 6.07 Å². The maximum absolute atomic E-state index is 12.7. The maximum atomic E-state index is 12.7. The summed E-state index contributed by atoms with van der Waals surface area (Å²) in [4.78, 5) is 24.6. The van der Waals surface area contributed by atoms with Crippen LogP contribution in [0.2, 0.25) is 0 Å². The standard InChI is InChI=1S/C16H13N3O3/c1-9(20)11-8-12(16(21)19-6-2-3-15(11)19)10-4-5-13-14(7-10)18-22-17-13/h4-5,7-8H,2-3,6H2,1H3. The van der Waals surface area contributed by atoms with Crippen molar-refractivity contribution in [3.63, 3.8) is 0 Å². The van der Waals surface area contributed by atoms with E-state index < -0.39 is 0 Å². The Labute approximate surface area is 125 Å². The fraction of sp³-hybridized carbons (Fsp3) is 0.250. The zero-order chi connectivity index (χ0) is 15.3. The molecule has 6 heteroatoms. The van der Waals surface area contributed by atoms with Crippen LogP contribution in [-0.2, 0) is 13.0 Å². The molecule has 0 atom stereocenters. The molecule has 1 aliphatic rings. The van der Waals surface area contributed by atoms with Crippen molar-refractivity contribution in [3.05, 3.63) is 45.9 Å². The van der Waals surface area contributed by atoms with E-state index in [4.69, 9.17) is 0 Å². The molecule has 22 heavy (non-hydrogen) atoms. The van der Waals surface area contributed by atoms with Gasteiger partial charge in [-0.05, 0) is 53.8 Å². The second-order valence-corrected chi connectivity index (χ2v) is 5.50. The smallest absolute Gasteiger partial charge is 0.258 e. The van der Waals surface area contributed by atoms with Crippen LogP contribution >= 0.6 is 0 Å². The quantitative estimate of drug-likeness (QED) is 0.677. The molecule has 110 valence electrons. The SMILES string of the molecule is CC(=O)c1cc(-c2ccc3nonc3c2)c(=O)n2c1CCC2. The minimum absolute atomic E-state index is 0.0175. The van der Waals surface area contributed by atoms with E-state index >= 15 is 0 Å². The van der Waals surface area contributed by atoms with Crippen molar-refractivity contribution in [1.82, 2.24) is 14.9 Å². The van der Waals surface area contributed by atoms with E-state index in [-0.39, 0.29) is 11.3 Å². The molecule has 1 aromatic carbocycles. The minimum atomic E-state index is -0.0618. The van der Waals surface area contributed by atoms with E-state index in [9.17, 15) is 9.59 Å². The van der Waals surface area contributed by atoms with E-state index in [1.54, 1.807) is 28.8 Å². The van der Waals surface area contributed by atoms with E-state index in [1.165, 1.54) is 6.92 Å². The maximum Gasteiger partial charge on any atom is 0.258 e. The molecule has 0 unspecified atom stereocenters. The van der Waals surface area contributed by atoms with Gasteiger partial charge in [0.05, 0.1) is 0 Å². The van der Waals surface area contributed by atoms with Crippen LogP contribution in [0.5, 0.6) is 0 Å². The third-order valence-electron chi connectivity index (χ3n) is 4.14. The largest absolute Gasteiger partial charge is 0.311 e. The highest BCUT2D eigenvalue weighted by Crippen LogP contribution is 2.25. The first-order chi connectivity index (χ1) is 10.6. The molecule has 3 aromatic rings. The van der Waals surface area contributed by atoms with Crippen molar-refractivity contribution in [2.24, 2.45) is 0 Å². The Morgan fingerprint density at radius 3 is 2.86 bits per heavy atom. The molecule has 0 bridgehead atoms. The van der Waals surface area contributed by atoms with E-state index in [0.29, 0.717) is 28.7 Å². The first-order valence-electron chi connectivity index (χ1n) is 7.15. The van der Waals surface area contributed by atoms with Crippen LogP contribution in [0.1, 0.15) is 29.4 Å². The van der Waals surface area contributed by atoms with Gasteiger partial charge in [-0.25, -0.2) is 4.63 Å². The summed E-state index contributed by atoms with van der Waals surface area (Å²) in [7, 11) is 0. The van der Waals surface area contributed by atoms with Crippen molar-refractivity contribution < 1.29 is 9.42 Å². The molecule has 0 spiro atoms. The normalized spacial score (nSPS) is 13.5. The Morgan fingerprint density at radius 1 is 1.23 bits per heavy atom. The van der Waals surface area contributed by atoms with Gasteiger partial charge in [-0.15, -0.1) is 0 Å². The number of nitrogens with zero attached hydrogens (tertiary/aromatic N) is 3. The fourth-order valence-electron chi connectivity index (χ4n) is 3.07. The van der Waals surface area contributed by atoms with E-state index in [1.807, 2.05) is 0 Å². The highest BCUT2D eigenvalue weighted by molar-refractivity contribution is 5.96. The minimum Gasteiger partial charge on any atom is -0.311 e. The van der Waals surface area contributed by atoms with Crippen LogP contribution in [0.3, 0.4) is 0 Å². The second kappa shape index (κ2) is 4.62. The number of fused-ring (bicyclic) bond motifs is 2. The number of rotatable bonds is 2. The number of carbonyl (C=O) groups is 1. The lowest BCUT2D eigenvalue weighted by Gasteiger charge is -2.11. The molecule has 0 amide bonds. The van der Waals surface area contributed by atoms with Crippen molar-refractivity contribution in [1.29, 1.82) is 0 Å². The van der Waals surface area contributed by atoms with Crippen LogP contribution in [0.4, 0.5) is 0 Å². The highest BCUT2D eigenvalue weighted by Gasteiger charge is 2.22. The number of pyridine rings is 1.